The van der Waals surface area contributed by atoms with E-state index in [1.54, 1.807) is 0 Å². The number of rotatable bonds is 2. The average Bonchev–Trinajstić information content (AvgIpc) is 2.31. The van der Waals surface area contributed by atoms with Gasteiger partial charge in [0.1, 0.15) is 0 Å². The number of hydrogen-bond acceptors (Lipinski definition) is 3. The number of hydrogen-bond donors (Lipinski definition) is 0. The van der Waals surface area contributed by atoms with Gasteiger partial charge in [-0.2, -0.15) is 0 Å². The first-order chi connectivity index (χ1) is 5.05. The van der Waals surface area contributed by atoms with Crippen LogP contribution in [0.1, 0.15) is 0 Å². The zero-order valence-electron chi connectivity index (χ0n) is 5.44. The van der Waals surface area contributed by atoms with Crippen molar-refractivity contribution in [1.29, 1.82) is 0 Å². The first-order valence-electron chi connectivity index (χ1n) is 2.66. The van der Waals surface area contributed by atoms with Crippen molar-refractivity contribution in [3.63, 3.8) is 0 Å². The van der Waals surface area contributed by atoms with Gasteiger partial charge in [0, 0.05) is 29.3 Å². The summed E-state index contributed by atoms with van der Waals surface area (Å²) >= 11 is 0. The van der Waals surface area contributed by atoms with Crippen molar-refractivity contribution in [1.82, 2.24) is 9.55 Å². The number of nitrogens with zero attached hydrogens (tertiary/aromatic N) is 2. The molecule has 0 aliphatic carbocycles. The molecule has 0 saturated carbocycles. The molecule has 0 aliphatic heterocycles. The molecule has 0 aromatic carbocycles. The van der Waals surface area contributed by atoms with Crippen molar-refractivity contribution in [2.75, 3.05) is 0 Å². The van der Waals surface area contributed by atoms with Crippen molar-refractivity contribution in [2.45, 2.75) is 5.16 Å². The topological polar surface area (TPSA) is 52.0 Å². The monoisotopic (exact) mass is 192 g/mol. The lowest BCUT2D eigenvalue weighted by atomic mass is 10.9. The van der Waals surface area contributed by atoms with E-state index < -0.39 is 9.05 Å². The SMILES string of the molecule is C=Cn1ccnc1S(=O)(=O)Cl. The number of imidazole rings is 1. The van der Waals surface area contributed by atoms with Crippen LogP contribution in [0.25, 0.3) is 6.20 Å². The van der Waals surface area contributed by atoms with Gasteiger partial charge in [-0.3, -0.25) is 4.57 Å². The maximum atomic E-state index is 10.7. The van der Waals surface area contributed by atoms with Crippen LogP contribution >= 0.6 is 10.7 Å². The minimum Gasteiger partial charge on any atom is -0.297 e. The maximum Gasteiger partial charge on any atom is 0.295 e. The van der Waals surface area contributed by atoms with E-state index in [9.17, 15) is 8.42 Å². The third kappa shape index (κ3) is 1.61. The molecular weight excluding hydrogens is 188 g/mol. The molecule has 1 rings (SSSR count). The molecule has 1 heterocycles. The van der Waals surface area contributed by atoms with Gasteiger partial charge in [0.15, 0.2) is 0 Å². The highest BCUT2D eigenvalue weighted by molar-refractivity contribution is 8.13. The van der Waals surface area contributed by atoms with Crippen LogP contribution in [-0.2, 0) is 9.05 Å². The van der Waals surface area contributed by atoms with E-state index in [1.807, 2.05) is 0 Å². The predicted molar refractivity (Wildman–Crippen MR) is 41.7 cm³/mol. The quantitative estimate of drug-likeness (QED) is 0.655. The fourth-order valence-electron chi connectivity index (χ4n) is 0.627. The van der Waals surface area contributed by atoms with Gasteiger partial charge in [-0.15, -0.1) is 0 Å². The third-order valence-corrected chi connectivity index (χ3v) is 2.21. The van der Waals surface area contributed by atoms with Gasteiger partial charge in [0.25, 0.3) is 9.05 Å². The molecule has 0 aliphatic rings. The van der Waals surface area contributed by atoms with Crippen LogP contribution in [0.2, 0.25) is 0 Å². The highest BCUT2D eigenvalue weighted by Crippen LogP contribution is 2.11. The van der Waals surface area contributed by atoms with Crippen molar-refractivity contribution in [3.8, 4) is 0 Å². The van der Waals surface area contributed by atoms with Crippen LogP contribution in [0.4, 0.5) is 0 Å². The average molecular weight is 193 g/mol. The Morgan fingerprint density at radius 3 is 2.73 bits per heavy atom. The highest BCUT2D eigenvalue weighted by atomic mass is 35.7. The van der Waals surface area contributed by atoms with Gasteiger partial charge in [-0.1, -0.05) is 6.58 Å². The minimum atomic E-state index is -3.75. The summed E-state index contributed by atoms with van der Waals surface area (Å²) in [6.07, 6.45) is 4.08. The second-order valence-corrected chi connectivity index (χ2v) is 4.20. The van der Waals surface area contributed by atoms with E-state index >= 15 is 0 Å². The summed E-state index contributed by atoms with van der Waals surface area (Å²) in [4.78, 5) is 3.53. The van der Waals surface area contributed by atoms with Crippen LogP contribution in [0.5, 0.6) is 0 Å². The van der Waals surface area contributed by atoms with Crippen molar-refractivity contribution >= 4 is 25.9 Å². The first kappa shape index (κ1) is 8.29. The molecule has 1 aromatic rings. The van der Waals surface area contributed by atoms with E-state index in [0.29, 0.717) is 0 Å². The number of halogens is 1. The molecule has 0 radical (unpaired) electrons. The third-order valence-electron chi connectivity index (χ3n) is 1.05. The van der Waals surface area contributed by atoms with Crippen molar-refractivity contribution < 1.29 is 8.42 Å². The summed E-state index contributed by atoms with van der Waals surface area (Å²) in [7, 11) is 1.28. The fraction of sp³-hybridized carbons (Fsp3) is 0. The van der Waals surface area contributed by atoms with E-state index in [2.05, 4.69) is 11.6 Å². The fourth-order valence-corrected chi connectivity index (χ4v) is 1.56. The largest absolute Gasteiger partial charge is 0.297 e. The molecule has 4 nitrogen and oxygen atoms in total. The first-order valence-corrected chi connectivity index (χ1v) is 4.96. The molecule has 0 spiro atoms. The Hall–Kier alpha value is -0.810. The van der Waals surface area contributed by atoms with Crippen LogP contribution in [0, 0.1) is 0 Å². The van der Waals surface area contributed by atoms with Gasteiger partial charge in [0.05, 0.1) is 0 Å². The summed E-state index contributed by atoms with van der Waals surface area (Å²) in [5.41, 5.74) is 0. The normalized spacial score (nSPS) is 11.4. The molecule has 0 fully saturated rings. The molecule has 11 heavy (non-hydrogen) atoms. The molecule has 0 unspecified atom stereocenters. The lowest BCUT2D eigenvalue weighted by molar-refractivity contribution is 0.600. The van der Waals surface area contributed by atoms with Crippen LogP contribution < -0.4 is 0 Å². The lowest BCUT2D eigenvalue weighted by Crippen LogP contribution is -1.99. The summed E-state index contributed by atoms with van der Waals surface area (Å²) in [6, 6.07) is 0. The summed E-state index contributed by atoms with van der Waals surface area (Å²) < 4.78 is 22.6. The van der Waals surface area contributed by atoms with E-state index in [4.69, 9.17) is 10.7 Å². The van der Waals surface area contributed by atoms with E-state index in [-0.39, 0.29) is 5.16 Å². The standard InChI is InChI=1S/C5H5ClN2O2S/c1-2-8-4-3-7-5(8)11(6,9)10/h2-4H,1H2. The van der Waals surface area contributed by atoms with Crippen molar-refractivity contribution in [3.05, 3.63) is 19.0 Å². The summed E-state index contributed by atoms with van der Waals surface area (Å²) in [6.45, 7) is 3.38. The molecule has 0 amide bonds. The molecule has 0 N–H and O–H groups in total. The van der Waals surface area contributed by atoms with E-state index in [0.717, 1.165) is 0 Å². The van der Waals surface area contributed by atoms with Gasteiger partial charge in [-0.05, 0) is 0 Å². The Morgan fingerprint density at radius 1 is 1.73 bits per heavy atom. The molecule has 0 saturated heterocycles. The molecular formula is C5H5ClN2O2S. The highest BCUT2D eigenvalue weighted by Gasteiger charge is 2.15. The Bertz CT molecular complexity index is 368. The second kappa shape index (κ2) is 2.67. The molecule has 0 bridgehead atoms. The van der Waals surface area contributed by atoms with Crippen LogP contribution in [-0.4, -0.2) is 18.0 Å². The zero-order valence-corrected chi connectivity index (χ0v) is 7.01. The smallest absolute Gasteiger partial charge is 0.295 e. The van der Waals surface area contributed by atoms with Gasteiger partial charge >= 0.3 is 0 Å². The summed E-state index contributed by atoms with van der Waals surface area (Å²) in [5.74, 6) is 0. The Kier molecular flexibility index (Phi) is 2.01. The Morgan fingerprint density at radius 2 is 2.36 bits per heavy atom. The van der Waals surface area contributed by atoms with Gasteiger partial charge in [0.2, 0.25) is 5.16 Å². The Labute approximate surface area is 68.5 Å². The predicted octanol–water partition coefficient (Wildman–Crippen LogP) is 0.911. The van der Waals surface area contributed by atoms with Gasteiger partial charge in [-0.25, -0.2) is 13.4 Å². The second-order valence-electron chi connectivity index (χ2n) is 1.74. The van der Waals surface area contributed by atoms with Crippen molar-refractivity contribution in [2.24, 2.45) is 0 Å². The molecule has 0 atom stereocenters. The van der Waals surface area contributed by atoms with Gasteiger partial charge < -0.3 is 0 Å². The van der Waals surface area contributed by atoms with E-state index in [1.165, 1.54) is 23.2 Å². The van der Waals surface area contributed by atoms with Crippen LogP contribution in [0.3, 0.4) is 0 Å². The summed E-state index contributed by atoms with van der Waals surface area (Å²) in [5, 5.41) is -0.214. The zero-order chi connectivity index (χ0) is 8.48. The lowest BCUT2D eigenvalue weighted by Gasteiger charge is -1.94. The minimum absolute atomic E-state index is 0.214. The maximum absolute atomic E-state index is 10.7. The number of aromatic nitrogens is 2. The van der Waals surface area contributed by atoms with Crippen LogP contribution in [0.15, 0.2) is 24.1 Å². The Balaban J connectivity index is 3.35. The molecule has 6 heteroatoms. The molecule has 1 aromatic heterocycles. The molecule has 60 valence electrons.